The van der Waals surface area contributed by atoms with Crippen LogP contribution in [0.3, 0.4) is 0 Å². The van der Waals surface area contributed by atoms with Crippen LogP contribution in [0.15, 0.2) is 0 Å². The quantitative estimate of drug-likeness (QED) is 0.569. The molecule has 8 nitrogen and oxygen atoms in total. The van der Waals surface area contributed by atoms with E-state index in [4.69, 9.17) is 4.74 Å². The number of amides is 2. The Morgan fingerprint density at radius 3 is 2.67 bits per heavy atom. The molecule has 2 amide bonds. The SMILES string of the molecule is CCN(CC(=O)NC1CCS(=O)(=O)C1)C(=O)CNCC1CCCO1. The van der Waals surface area contributed by atoms with Crippen LogP contribution in [-0.2, 0) is 24.2 Å². The number of carbonyl (C=O) groups excluding carboxylic acids is 2. The van der Waals surface area contributed by atoms with Gasteiger partial charge in [-0.15, -0.1) is 0 Å². The summed E-state index contributed by atoms with van der Waals surface area (Å²) in [4.78, 5) is 25.7. The lowest BCUT2D eigenvalue weighted by molar-refractivity contribution is -0.135. The lowest BCUT2D eigenvalue weighted by Crippen LogP contribution is -2.47. The summed E-state index contributed by atoms with van der Waals surface area (Å²) < 4.78 is 28.3. The first kappa shape index (κ1) is 19.1. The summed E-state index contributed by atoms with van der Waals surface area (Å²) in [6.45, 7) is 3.77. The zero-order valence-electron chi connectivity index (χ0n) is 14.1. The molecule has 0 radical (unpaired) electrons. The van der Waals surface area contributed by atoms with E-state index >= 15 is 0 Å². The van der Waals surface area contributed by atoms with Gasteiger partial charge in [0.2, 0.25) is 11.8 Å². The minimum absolute atomic E-state index is 0.0121. The molecular weight excluding hydrogens is 334 g/mol. The summed E-state index contributed by atoms with van der Waals surface area (Å²) in [5, 5.41) is 5.77. The highest BCUT2D eigenvalue weighted by Crippen LogP contribution is 2.11. The third-order valence-corrected chi connectivity index (χ3v) is 6.11. The van der Waals surface area contributed by atoms with E-state index in [1.54, 1.807) is 0 Å². The molecule has 138 valence electrons. The predicted octanol–water partition coefficient (Wildman–Crippen LogP) is -1.09. The van der Waals surface area contributed by atoms with Crippen LogP contribution in [-0.4, -0.2) is 81.6 Å². The average molecular weight is 361 g/mol. The van der Waals surface area contributed by atoms with Gasteiger partial charge in [0.1, 0.15) is 0 Å². The smallest absolute Gasteiger partial charge is 0.239 e. The fourth-order valence-electron chi connectivity index (χ4n) is 2.99. The summed E-state index contributed by atoms with van der Waals surface area (Å²) in [6, 6.07) is -0.339. The Morgan fingerprint density at radius 1 is 1.29 bits per heavy atom. The highest BCUT2D eigenvalue weighted by molar-refractivity contribution is 7.91. The molecule has 2 N–H and O–H groups in total. The molecule has 24 heavy (non-hydrogen) atoms. The predicted molar refractivity (Wildman–Crippen MR) is 89.3 cm³/mol. The van der Waals surface area contributed by atoms with Crippen LogP contribution < -0.4 is 10.6 Å². The number of hydrogen-bond acceptors (Lipinski definition) is 6. The molecule has 2 aliphatic rings. The molecule has 0 bridgehead atoms. The monoisotopic (exact) mass is 361 g/mol. The molecular formula is C15H27N3O5S. The van der Waals surface area contributed by atoms with Crippen molar-refractivity contribution in [2.75, 3.05) is 44.3 Å². The lowest BCUT2D eigenvalue weighted by Gasteiger charge is -2.22. The number of nitrogens with zero attached hydrogens (tertiary/aromatic N) is 1. The van der Waals surface area contributed by atoms with Gasteiger partial charge in [0.25, 0.3) is 0 Å². The molecule has 2 fully saturated rings. The maximum Gasteiger partial charge on any atom is 0.239 e. The summed E-state index contributed by atoms with van der Waals surface area (Å²) in [5.74, 6) is -0.361. The molecule has 0 aromatic heterocycles. The van der Waals surface area contributed by atoms with Gasteiger partial charge >= 0.3 is 0 Å². The number of likely N-dealkylation sites (N-methyl/N-ethyl adjacent to an activating group) is 1. The standard InChI is InChI=1S/C15H27N3O5S/c1-2-18(15(20)9-16-8-13-4-3-6-23-13)10-14(19)17-12-5-7-24(21,22)11-12/h12-13,16H,2-11H2,1H3,(H,17,19). The maximum atomic E-state index is 12.2. The van der Waals surface area contributed by atoms with Crippen molar-refractivity contribution < 1.29 is 22.7 Å². The van der Waals surface area contributed by atoms with Crippen LogP contribution in [0, 0.1) is 0 Å². The fraction of sp³-hybridized carbons (Fsp3) is 0.867. The van der Waals surface area contributed by atoms with Crippen molar-refractivity contribution >= 4 is 21.7 Å². The number of nitrogens with one attached hydrogen (secondary N) is 2. The largest absolute Gasteiger partial charge is 0.377 e. The topological polar surface area (TPSA) is 105 Å². The maximum absolute atomic E-state index is 12.2. The van der Waals surface area contributed by atoms with Gasteiger partial charge in [-0.3, -0.25) is 9.59 Å². The number of carbonyl (C=O) groups is 2. The van der Waals surface area contributed by atoms with E-state index in [1.165, 1.54) is 4.90 Å². The van der Waals surface area contributed by atoms with Crippen LogP contribution in [0.5, 0.6) is 0 Å². The van der Waals surface area contributed by atoms with E-state index in [9.17, 15) is 18.0 Å². The molecule has 2 heterocycles. The van der Waals surface area contributed by atoms with Gasteiger partial charge in [0.15, 0.2) is 9.84 Å². The molecule has 0 spiro atoms. The second-order valence-electron chi connectivity index (χ2n) is 6.34. The summed E-state index contributed by atoms with van der Waals surface area (Å²) in [6.07, 6.45) is 2.67. The van der Waals surface area contributed by atoms with Gasteiger partial charge in [0.05, 0.1) is 30.7 Å². The summed E-state index contributed by atoms with van der Waals surface area (Å²) in [5.41, 5.74) is 0. The summed E-state index contributed by atoms with van der Waals surface area (Å²) >= 11 is 0. The Morgan fingerprint density at radius 2 is 2.08 bits per heavy atom. The first-order chi connectivity index (χ1) is 11.4. The van der Waals surface area contributed by atoms with Crippen LogP contribution in [0.1, 0.15) is 26.2 Å². The van der Waals surface area contributed by atoms with Crippen molar-refractivity contribution in [3.63, 3.8) is 0 Å². The fourth-order valence-corrected chi connectivity index (χ4v) is 4.66. The number of sulfone groups is 1. The molecule has 0 aromatic rings. The van der Waals surface area contributed by atoms with Gasteiger partial charge in [-0.2, -0.15) is 0 Å². The Balaban J connectivity index is 1.69. The third-order valence-electron chi connectivity index (χ3n) is 4.34. The lowest BCUT2D eigenvalue weighted by atomic mass is 10.2. The number of rotatable bonds is 8. The minimum Gasteiger partial charge on any atom is -0.377 e. The minimum atomic E-state index is -3.03. The van der Waals surface area contributed by atoms with E-state index < -0.39 is 9.84 Å². The van der Waals surface area contributed by atoms with Gasteiger partial charge in [-0.1, -0.05) is 0 Å². The number of hydrogen-bond donors (Lipinski definition) is 2. The van der Waals surface area contributed by atoms with Crippen molar-refractivity contribution in [2.45, 2.75) is 38.3 Å². The van der Waals surface area contributed by atoms with Gasteiger partial charge in [-0.05, 0) is 26.2 Å². The second kappa shape index (κ2) is 8.77. The van der Waals surface area contributed by atoms with Crippen LogP contribution in [0.2, 0.25) is 0 Å². The highest BCUT2D eigenvalue weighted by atomic mass is 32.2. The molecule has 2 atom stereocenters. The van der Waals surface area contributed by atoms with E-state index in [1.807, 2.05) is 6.92 Å². The Bertz CT molecular complexity index is 545. The first-order valence-corrected chi connectivity index (χ1v) is 10.3. The van der Waals surface area contributed by atoms with E-state index in [2.05, 4.69) is 10.6 Å². The van der Waals surface area contributed by atoms with E-state index in [-0.39, 0.29) is 48.6 Å². The van der Waals surface area contributed by atoms with Crippen molar-refractivity contribution in [1.82, 2.24) is 15.5 Å². The third kappa shape index (κ3) is 6.03. The van der Waals surface area contributed by atoms with Crippen molar-refractivity contribution in [3.8, 4) is 0 Å². The van der Waals surface area contributed by atoms with Crippen LogP contribution in [0.25, 0.3) is 0 Å². The van der Waals surface area contributed by atoms with E-state index in [0.717, 1.165) is 19.4 Å². The highest BCUT2D eigenvalue weighted by Gasteiger charge is 2.29. The molecule has 2 rings (SSSR count). The van der Waals surface area contributed by atoms with Crippen LogP contribution in [0.4, 0.5) is 0 Å². The van der Waals surface area contributed by atoms with E-state index in [0.29, 0.717) is 19.5 Å². The molecule has 0 saturated carbocycles. The Labute approximate surface area is 143 Å². The molecule has 2 unspecified atom stereocenters. The molecule has 9 heteroatoms. The zero-order chi connectivity index (χ0) is 17.6. The van der Waals surface area contributed by atoms with Crippen molar-refractivity contribution in [2.24, 2.45) is 0 Å². The van der Waals surface area contributed by atoms with Crippen molar-refractivity contribution in [3.05, 3.63) is 0 Å². The van der Waals surface area contributed by atoms with Crippen LogP contribution >= 0.6 is 0 Å². The molecule has 0 aromatic carbocycles. The molecule has 2 saturated heterocycles. The zero-order valence-corrected chi connectivity index (χ0v) is 14.9. The van der Waals surface area contributed by atoms with Gasteiger partial charge in [0, 0.05) is 25.7 Å². The first-order valence-electron chi connectivity index (χ1n) is 8.49. The Kier molecular flexibility index (Phi) is 7.00. The average Bonchev–Trinajstić information content (AvgIpc) is 3.14. The van der Waals surface area contributed by atoms with Gasteiger partial charge in [-0.25, -0.2) is 8.42 Å². The molecule has 2 aliphatic heterocycles. The normalized spacial score (nSPS) is 25.5. The van der Waals surface area contributed by atoms with Gasteiger partial charge < -0.3 is 20.3 Å². The second-order valence-corrected chi connectivity index (χ2v) is 8.57. The summed E-state index contributed by atoms with van der Waals surface area (Å²) in [7, 11) is -3.03. The number of ether oxygens (including phenoxy) is 1. The molecule has 0 aliphatic carbocycles. The van der Waals surface area contributed by atoms with Crippen molar-refractivity contribution in [1.29, 1.82) is 0 Å². The Hall–Kier alpha value is -1.19.